The second-order valence-electron chi connectivity index (χ2n) is 4.91. The van der Waals surface area contributed by atoms with E-state index in [9.17, 15) is 14.4 Å². The Labute approximate surface area is 139 Å². The van der Waals surface area contributed by atoms with Crippen molar-refractivity contribution >= 4 is 17.8 Å². The maximum Gasteiger partial charge on any atom is 0.338 e. The van der Waals surface area contributed by atoms with Gasteiger partial charge >= 0.3 is 11.9 Å². The Morgan fingerprint density at radius 1 is 0.917 bits per heavy atom. The number of hydrogen-bond donors (Lipinski definition) is 1. The summed E-state index contributed by atoms with van der Waals surface area (Å²) in [6.07, 6.45) is 0. The Bertz CT molecular complexity index is 727. The number of nitrogens with one attached hydrogen (secondary N) is 1. The van der Waals surface area contributed by atoms with Crippen molar-refractivity contribution in [3.8, 4) is 0 Å². The van der Waals surface area contributed by atoms with Gasteiger partial charge in [-0.3, -0.25) is 4.79 Å². The average molecular weight is 327 g/mol. The van der Waals surface area contributed by atoms with Crippen molar-refractivity contribution in [2.45, 2.75) is 6.54 Å². The molecule has 2 rings (SSSR count). The summed E-state index contributed by atoms with van der Waals surface area (Å²) in [5, 5.41) is 2.65. The summed E-state index contributed by atoms with van der Waals surface area (Å²) in [7, 11) is 1.25. The molecule has 0 saturated carbocycles. The van der Waals surface area contributed by atoms with Crippen molar-refractivity contribution in [2.75, 3.05) is 13.7 Å². The molecule has 0 radical (unpaired) electrons. The van der Waals surface area contributed by atoms with E-state index < -0.39 is 24.5 Å². The lowest BCUT2D eigenvalue weighted by atomic mass is 10.1. The first-order chi connectivity index (χ1) is 11.6. The molecule has 6 heteroatoms. The Kier molecular flexibility index (Phi) is 6.08. The molecule has 0 unspecified atom stereocenters. The van der Waals surface area contributed by atoms with Crippen LogP contribution in [-0.4, -0.2) is 31.6 Å². The summed E-state index contributed by atoms with van der Waals surface area (Å²) < 4.78 is 9.53. The van der Waals surface area contributed by atoms with Crippen LogP contribution in [0.5, 0.6) is 0 Å². The second kappa shape index (κ2) is 8.47. The summed E-state index contributed by atoms with van der Waals surface area (Å²) in [5.41, 5.74) is 1.36. The first-order valence-electron chi connectivity index (χ1n) is 7.26. The maximum atomic E-state index is 11.9. The van der Waals surface area contributed by atoms with Gasteiger partial charge in [-0.05, 0) is 23.8 Å². The molecule has 2 aromatic carbocycles. The van der Waals surface area contributed by atoms with Crippen LogP contribution in [0.3, 0.4) is 0 Å². The largest absolute Gasteiger partial charge is 0.465 e. The molecule has 124 valence electrons. The fraction of sp³-hybridized carbons (Fsp3) is 0.167. The van der Waals surface area contributed by atoms with Crippen LogP contribution in [0, 0.1) is 0 Å². The molecule has 0 aliphatic rings. The van der Waals surface area contributed by atoms with E-state index in [1.807, 2.05) is 30.3 Å². The van der Waals surface area contributed by atoms with Crippen molar-refractivity contribution < 1.29 is 23.9 Å². The number of amides is 1. The molecule has 2 aromatic rings. The van der Waals surface area contributed by atoms with E-state index in [0.717, 1.165) is 5.56 Å². The van der Waals surface area contributed by atoms with Gasteiger partial charge in [0.2, 0.25) is 0 Å². The monoisotopic (exact) mass is 327 g/mol. The number of esters is 2. The van der Waals surface area contributed by atoms with Gasteiger partial charge < -0.3 is 14.8 Å². The summed E-state index contributed by atoms with van der Waals surface area (Å²) >= 11 is 0. The number of hydrogen-bond acceptors (Lipinski definition) is 5. The molecule has 0 aromatic heterocycles. The molecule has 6 nitrogen and oxygen atoms in total. The SMILES string of the molecule is COC(=O)c1cccc(C(=O)OCC(=O)NCc2ccccc2)c1. The van der Waals surface area contributed by atoms with Crippen LogP contribution >= 0.6 is 0 Å². The lowest BCUT2D eigenvalue weighted by Crippen LogP contribution is -2.28. The van der Waals surface area contributed by atoms with Crippen LogP contribution in [0.1, 0.15) is 26.3 Å². The molecule has 1 amide bonds. The number of carbonyl (C=O) groups excluding carboxylic acids is 3. The second-order valence-corrected chi connectivity index (χ2v) is 4.91. The molecule has 24 heavy (non-hydrogen) atoms. The zero-order chi connectivity index (χ0) is 17.4. The minimum atomic E-state index is -0.685. The summed E-state index contributed by atoms with van der Waals surface area (Å²) in [6, 6.07) is 15.3. The van der Waals surface area contributed by atoms with E-state index in [1.165, 1.54) is 25.3 Å². The van der Waals surface area contributed by atoms with Crippen molar-refractivity contribution in [1.82, 2.24) is 5.32 Å². The normalized spacial score (nSPS) is 9.88. The Morgan fingerprint density at radius 3 is 2.25 bits per heavy atom. The Hall–Kier alpha value is -3.15. The van der Waals surface area contributed by atoms with Crippen molar-refractivity contribution in [2.24, 2.45) is 0 Å². The van der Waals surface area contributed by atoms with Crippen molar-refractivity contribution in [3.63, 3.8) is 0 Å². The van der Waals surface area contributed by atoms with Crippen LogP contribution in [0.25, 0.3) is 0 Å². The quantitative estimate of drug-likeness (QED) is 0.820. The predicted molar refractivity (Wildman–Crippen MR) is 86.4 cm³/mol. The first-order valence-corrected chi connectivity index (χ1v) is 7.26. The third-order valence-electron chi connectivity index (χ3n) is 3.19. The molecule has 0 heterocycles. The minimum absolute atomic E-state index is 0.175. The van der Waals surface area contributed by atoms with Gasteiger partial charge in [0.15, 0.2) is 6.61 Å². The van der Waals surface area contributed by atoms with Crippen LogP contribution in [0.15, 0.2) is 54.6 Å². The molecular formula is C18H17NO5. The van der Waals surface area contributed by atoms with E-state index in [-0.39, 0.29) is 11.1 Å². The molecule has 0 fully saturated rings. The lowest BCUT2D eigenvalue weighted by molar-refractivity contribution is -0.124. The van der Waals surface area contributed by atoms with Crippen LogP contribution in [0.2, 0.25) is 0 Å². The average Bonchev–Trinajstić information content (AvgIpc) is 2.64. The summed E-state index contributed by atoms with van der Waals surface area (Å²) in [6.45, 7) is -0.0385. The van der Waals surface area contributed by atoms with E-state index in [1.54, 1.807) is 6.07 Å². The molecule has 0 saturated heterocycles. The highest BCUT2D eigenvalue weighted by molar-refractivity contribution is 5.95. The lowest BCUT2D eigenvalue weighted by Gasteiger charge is -2.07. The molecule has 0 spiro atoms. The van der Waals surface area contributed by atoms with Crippen molar-refractivity contribution in [3.05, 3.63) is 71.3 Å². The topological polar surface area (TPSA) is 81.7 Å². The molecule has 0 bridgehead atoms. The highest BCUT2D eigenvalue weighted by Gasteiger charge is 2.13. The fourth-order valence-electron chi connectivity index (χ4n) is 1.95. The number of ether oxygens (including phenoxy) is 2. The number of benzene rings is 2. The third-order valence-corrected chi connectivity index (χ3v) is 3.19. The highest BCUT2D eigenvalue weighted by Crippen LogP contribution is 2.08. The van der Waals surface area contributed by atoms with Gasteiger partial charge in [0.1, 0.15) is 0 Å². The van der Waals surface area contributed by atoms with E-state index in [0.29, 0.717) is 6.54 Å². The molecule has 0 aliphatic heterocycles. The van der Waals surface area contributed by atoms with Crippen molar-refractivity contribution in [1.29, 1.82) is 0 Å². The smallest absolute Gasteiger partial charge is 0.338 e. The maximum absolute atomic E-state index is 11.9. The highest BCUT2D eigenvalue weighted by atomic mass is 16.5. The van der Waals surface area contributed by atoms with Gasteiger partial charge in [0, 0.05) is 6.54 Å². The Balaban J connectivity index is 1.84. The zero-order valence-corrected chi connectivity index (χ0v) is 13.2. The van der Waals surface area contributed by atoms with E-state index >= 15 is 0 Å². The van der Waals surface area contributed by atoms with Crippen LogP contribution in [-0.2, 0) is 20.8 Å². The van der Waals surface area contributed by atoms with Crippen LogP contribution < -0.4 is 5.32 Å². The zero-order valence-electron chi connectivity index (χ0n) is 13.2. The number of methoxy groups -OCH3 is 1. The van der Waals surface area contributed by atoms with Gasteiger partial charge in [0.25, 0.3) is 5.91 Å². The molecular weight excluding hydrogens is 310 g/mol. The predicted octanol–water partition coefficient (Wildman–Crippen LogP) is 1.95. The van der Waals surface area contributed by atoms with Gasteiger partial charge in [-0.15, -0.1) is 0 Å². The molecule has 0 aliphatic carbocycles. The molecule has 0 atom stereocenters. The minimum Gasteiger partial charge on any atom is -0.465 e. The number of rotatable bonds is 6. The van der Waals surface area contributed by atoms with E-state index in [2.05, 4.69) is 10.1 Å². The van der Waals surface area contributed by atoms with Gasteiger partial charge in [-0.1, -0.05) is 36.4 Å². The molecule has 1 N–H and O–H groups in total. The summed E-state index contributed by atoms with van der Waals surface area (Å²) in [5.74, 6) is -1.64. The first kappa shape index (κ1) is 17.2. The third kappa shape index (κ3) is 4.95. The standard InChI is InChI=1S/C18H17NO5/c1-23-17(21)14-8-5-9-15(10-14)18(22)24-12-16(20)19-11-13-6-3-2-4-7-13/h2-10H,11-12H2,1H3,(H,19,20). The fourth-order valence-corrected chi connectivity index (χ4v) is 1.95. The van der Waals surface area contributed by atoms with Gasteiger partial charge in [0.05, 0.1) is 18.2 Å². The van der Waals surface area contributed by atoms with Gasteiger partial charge in [-0.2, -0.15) is 0 Å². The van der Waals surface area contributed by atoms with E-state index in [4.69, 9.17) is 4.74 Å². The summed E-state index contributed by atoms with van der Waals surface area (Å²) in [4.78, 5) is 35.1. The van der Waals surface area contributed by atoms with Crippen LogP contribution in [0.4, 0.5) is 0 Å². The number of carbonyl (C=O) groups is 3. The Morgan fingerprint density at radius 2 is 1.58 bits per heavy atom. The van der Waals surface area contributed by atoms with Gasteiger partial charge in [-0.25, -0.2) is 9.59 Å².